The SMILES string of the molecule is COCCNC(=O)[C@H]1[C@@H](c2ccc(NC(=O)c3cccc(Cl)c3)cc2)OC(=O)N1Cc1ccc(C)cc1. The Balaban J connectivity index is 1.53. The summed E-state index contributed by atoms with van der Waals surface area (Å²) in [7, 11) is 1.55. The highest BCUT2D eigenvalue weighted by atomic mass is 35.5. The van der Waals surface area contributed by atoms with E-state index in [1.54, 1.807) is 55.6 Å². The number of amides is 3. The molecule has 0 unspecified atom stereocenters. The topological polar surface area (TPSA) is 97.0 Å². The number of nitrogens with one attached hydrogen (secondary N) is 2. The summed E-state index contributed by atoms with van der Waals surface area (Å²) in [5.41, 5.74) is 3.60. The van der Waals surface area contributed by atoms with Crippen LogP contribution in [0.1, 0.15) is 33.2 Å². The summed E-state index contributed by atoms with van der Waals surface area (Å²) < 4.78 is 10.7. The number of cyclic esters (lactones) is 1. The minimum absolute atomic E-state index is 0.228. The molecule has 1 aliphatic rings. The van der Waals surface area contributed by atoms with Crippen LogP contribution in [-0.2, 0) is 20.8 Å². The van der Waals surface area contributed by atoms with Crippen molar-refractivity contribution < 1.29 is 23.9 Å². The molecule has 3 amide bonds. The Morgan fingerprint density at radius 1 is 1.05 bits per heavy atom. The van der Waals surface area contributed by atoms with E-state index in [4.69, 9.17) is 21.1 Å². The molecule has 9 heteroatoms. The third kappa shape index (κ3) is 6.47. The van der Waals surface area contributed by atoms with Crippen molar-refractivity contribution in [3.05, 3.63) is 100 Å². The van der Waals surface area contributed by atoms with Gasteiger partial charge >= 0.3 is 6.09 Å². The molecule has 2 N–H and O–H groups in total. The minimum atomic E-state index is -0.877. The highest BCUT2D eigenvalue weighted by molar-refractivity contribution is 6.31. The molecule has 1 heterocycles. The van der Waals surface area contributed by atoms with Crippen molar-refractivity contribution >= 4 is 35.2 Å². The Morgan fingerprint density at radius 2 is 1.78 bits per heavy atom. The van der Waals surface area contributed by atoms with Crippen LogP contribution in [0.15, 0.2) is 72.8 Å². The van der Waals surface area contributed by atoms with Gasteiger partial charge in [0.2, 0.25) is 5.91 Å². The molecule has 37 heavy (non-hydrogen) atoms. The third-order valence-electron chi connectivity index (χ3n) is 6.02. The first-order valence-electron chi connectivity index (χ1n) is 11.8. The van der Waals surface area contributed by atoms with Crippen molar-refractivity contribution in [2.75, 3.05) is 25.6 Å². The first-order valence-corrected chi connectivity index (χ1v) is 12.2. The fourth-order valence-corrected chi connectivity index (χ4v) is 4.26. The zero-order valence-electron chi connectivity index (χ0n) is 20.6. The van der Waals surface area contributed by atoms with E-state index in [-0.39, 0.29) is 18.4 Å². The lowest BCUT2D eigenvalue weighted by Crippen LogP contribution is -2.47. The molecule has 1 aliphatic heterocycles. The van der Waals surface area contributed by atoms with Gasteiger partial charge in [0.15, 0.2) is 12.1 Å². The first-order chi connectivity index (χ1) is 17.9. The van der Waals surface area contributed by atoms with Crippen molar-refractivity contribution in [2.45, 2.75) is 25.6 Å². The van der Waals surface area contributed by atoms with E-state index < -0.39 is 18.2 Å². The zero-order chi connectivity index (χ0) is 26.4. The second kappa shape index (κ2) is 11.9. The van der Waals surface area contributed by atoms with E-state index in [9.17, 15) is 14.4 Å². The van der Waals surface area contributed by atoms with Gasteiger partial charge in [0.1, 0.15) is 0 Å². The standard InChI is InChI=1S/C28H28ClN3O5/c1-18-6-8-19(9-7-18)17-32-24(27(34)30-14-15-36-2)25(37-28(32)35)20-10-12-23(13-11-20)31-26(33)21-4-3-5-22(29)16-21/h3-13,16,24-25H,14-15,17H2,1-2H3,(H,30,34)(H,31,33)/t24-,25-/m1/s1. The van der Waals surface area contributed by atoms with Crippen molar-refractivity contribution in [1.29, 1.82) is 0 Å². The largest absolute Gasteiger partial charge is 0.438 e. The lowest BCUT2D eigenvalue weighted by atomic mass is 10.00. The number of carbonyl (C=O) groups excluding carboxylic acids is 3. The van der Waals surface area contributed by atoms with Crippen LogP contribution in [0.2, 0.25) is 5.02 Å². The molecule has 0 bridgehead atoms. The average Bonchev–Trinajstić information content (AvgIpc) is 3.21. The number of methoxy groups -OCH3 is 1. The van der Waals surface area contributed by atoms with Gasteiger partial charge in [-0.15, -0.1) is 0 Å². The Hall–Kier alpha value is -3.88. The van der Waals surface area contributed by atoms with Gasteiger partial charge in [-0.1, -0.05) is 59.6 Å². The molecule has 1 fully saturated rings. The molecule has 3 aromatic rings. The zero-order valence-corrected chi connectivity index (χ0v) is 21.3. The molecule has 0 saturated carbocycles. The summed E-state index contributed by atoms with van der Waals surface area (Å²) >= 11 is 5.98. The molecule has 4 rings (SSSR count). The normalized spacial score (nSPS) is 16.8. The smallest absolute Gasteiger partial charge is 0.411 e. The van der Waals surface area contributed by atoms with E-state index in [2.05, 4.69) is 10.6 Å². The van der Waals surface area contributed by atoms with Gasteiger partial charge in [0.25, 0.3) is 5.91 Å². The van der Waals surface area contributed by atoms with Gasteiger partial charge in [0.05, 0.1) is 13.2 Å². The number of anilines is 1. The van der Waals surface area contributed by atoms with Crippen LogP contribution in [-0.4, -0.2) is 49.1 Å². The summed E-state index contributed by atoms with van der Waals surface area (Å²) in [6.45, 7) is 2.86. The van der Waals surface area contributed by atoms with Crippen molar-refractivity contribution in [3.63, 3.8) is 0 Å². The molecule has 0 radical (unpaired) electrons. The van der Waals surface area contributed by atoms with Gasteiger partial charge in [-0.2, -0.15) is 0 Å². The predicted octanol–water partition coefficient (Wildman–Crippen LogP) is 4.73. The van der Waals surface area contributed by atoms with E-state index in [1.165, 1.54) is 4.90 Å². The molecule has 1 saturated heterocycles. The van der Waals surface area contributed by atoms with Crippen molar-refractivity contribution in [3.8, 4) is 0 Å². The van der Waals surface area contributed by atoms with Gasteiger partial charge in [-0.25, -0.2) is 4.79 Å². The Bertz CT molecular complexity index is 1260. The van der Waals surface area contributed by atoms with E-state index in [0.717, 1.165) is 11.1 Å². The Labute approximate surface area is 220 Å². The second-order valence-electron chi connectivity index (χ2n) is 8.73. The van der Waals surface area contributed by atoms with Gasteiger partial charge in [-0.05, 0) is 48.4 Å². The minimum Gasteiger partial charge on any atom is -0.438 e. The molecule has 0 spiro atoms. The summed E-state index contributed by atoms with van der Waals surface area (Å²) in [6.07, 6.45) is -1.39. The molecule has 0 aliphatic carbocycles. The quantitative estimate of drug-likeness (QED) is 0.397. The number of carbonyl (C=O) groups is 3. The maximum Gasteiger partial charge on any atom is 0.411 e. The van der Waals surface area contributed by atoms with Crippen LogP contribution >= 0.6 is 11.6 Å². The molecular formula is C28H28ClN3O5. The fraction of sp³-hybridized carbons (Fsp3) is 0.250. The van der Waals surface area contributed by atoms with E-state index >= 15 is 0 Å². The molecule has 0 aromatic heterocycles. The second-order valence-corrected chi connectivity index (χ2v) is 9.17. The monoisotopic (exact) mass is 521 g/mol. The highest BCUT2D eigenvalue weighted by Gasteiger charge is 2.46. The van der Waals surface area contributed by atoms with Gasteiger partial charge in [0, 0.05) is 29.9 Å². The maximum absolute atomic E-state index is 13.2. The van der Waals surface area contributed by atoms with Crippen LogP contribution in [0.4, 0.5) is 10.5 Å². The van der Waals surface area contributed by atoms with Gasteiger partial charge in [-0.3, -0.25) is 14.5 Å². The fourth-order valence-electron chi connectivity index (χ4n) is 4.07. The number of ether oxygens (including phenoxy) is 2. The molecule has 8 nitrogen and oxygen atoms in total. The summed E-state index contributed by atoms with van der Waals surface area (Å²) in [5, 5.41) is 6.11. The number of nitrogens with zero attached hydrogens (tertiary/aromatic N) is 1. The van der Waals surface area contributed by atoms with Crippen LogP contribution in [0, 0.1) is 6.92 Å². The van der Waals surface area contributed by atoms with Crippen LogP contribution in [0.25, 0.3) is 0 Å². The number of halogens is 1. The number of hydrogen-bond donors (Lipinski definition) is 2. The molecular weight excluding hydrogens is 494 g/mol. The van der Waals surface area contributed by atoms with E-state index in [0.29, 0.717) is 35.0 Å². The summed E-state index contributed by atoms with van der Waals surface area (Å²) in [5.74, 6) is -0.638. The lowest BCUT2D eigenvalue weighted by molar-refractivity contribution is -0.126. The van der Waals surface area contributed by atoms with Crippen molar-refractivity contribution in [2.24, 2.45) is 0 Å². The highest BCUT2D eigenvalue weighted by Crippen LogP contribution is 2.34. The molecule has 3 aromatic carbocycles. The number of rotatable bonds is 9. The number of benzene rings is 3. The van der Waals surface area contributed by atoms with Gasteiger partial charge < -0.3 is 20.1 Å². The Kier molecular flexibility index (Phi) is 8.43. The van der Waals surface area contributed by atoms with Crippen LogP contribution in [0.5, 0.6) is 0 Å². The Morgan fingerprint density at radius 3 is 2.46 bits per heavy atom. The van der Waals surface area contributed by atoms with Crippen molar-refractivity contribution in [1.82, 2.24) is 10.2 Å². The third-order valence-corrected chi connectivity index (χ3v) is 6.25. The number of hydrogen-bond acceptors (Lipinski definition) is 5. The maximum atomic E-state index is 13.2. The number of aryl methyl sites for hydroxylation is 1. The first kappa shape index (κ1) is 26.2. The summed E-state index contributed by atoms with van der Waals surface area (Å²) in [6, 6.07) is 20.4. The van der Waals surface area contributed by atoms with E-state index in [1.807, 2.05) is 31.2 Å². The van der Waals surface area contributed by atoms with Crippen LogP contribution < -0.4 is 10.6 Å². The average molecular weight is 522 g/mol. The molecule has 2 atom stereocenters. The lowest BCUT2D eigenvalue weighted by Gasteiger charge is -2.24. The molecule has 192 valence electrons. The predicted molar refractivity (Wildman–Crippen MR) is 140 cm³/mol. The summed E-state index contributed by atoms with van der Waals surface area (Å²) in [4.78, 5) is 40.1. The van der Waals surface area contributed by atoms with Crippen LogP contribution in [0.3, 0.4) is 0 Å².